The van der Waals surface area contributed by atoms with Crippen molar-refractivity contribution in [1.29, 1.82) is 0 Å². The number of para-hydroxylation sites is 1. The average Bonchev–Trinajstić information content (AvgIpc) is 2.17. The largest absolute Gasteiger partial charge is 0.508 e. The Balaban J connectivity index is 0. The van der Waals surface area contributed by atoms with Crippen molar-refractivity contribution in [2.45, 2.75) is 0 Å². The van der Waals surface area contributed by atoms with Crippen molar-refractivity contribution >= 4 is 7.82 Å². The van der Waals surface area contributed by atoms with Gasteiger partial charge in [-0.2, -0.15) is 0 Å². The lowest BCUT2D eigenvalue weighted by Crippen LogP contribution is -1.85. The summed E-state index contributed by atoms with van der Waals surface area (Å²) in [6.07, 6.45) is 0. The average molecular weight is 254 g/mol. The molecule has 16 heavy (non-hydrogen) atoms. The van der Waals surface area contributed by atoms with E-state index in [-0.39, 0.29) is 13.2 Å². The summed E-state index contributed by atoms with van der Waals surface area (Å²) in [4.78, 5) is 21.6. The molecule has 1 rings (SSSR count). The van der Waals surface area contributed by atoms with Crippen molar-refractivity contribution in [3.63, 3.8) is 0 Å². The maximum atomic E-state index is 8.88. The van der Waals surface area contributed by atoms with E-state index in [0.29, 0.717) is 5.75 Å². The number of phenols is 1. The first-order valence-corrected chi connectivity index (χ1v) is 5.61. The topological polar surface area (TPSA) is 138 Å². The van der Waals surface area contributed by atoms with Gasteiger partial charge in [-0.1, -0.05) is 18.2 Å². The van der Waals surface area contributed by atoms with E-state index < -0.39 is 7.82 Å². The highest BCUT2D eigenvalue weighted by atomic mass is 31.2. The summed E-state index contributed by atoms with van der Waals surface area (Å²) in [5.41, 5.74) is 0. The number of benzene rings is 1. The molecule has 8 heteroatoms. The van der Waals surface area contributed by atoms with Gasteiger partial charge in [0.1, 0.15) is 5.75 Å². The molecule has 0 fully saturated rings. The number of hydrogen-bond donors (Lipinski definition) is 6. The molecule has 0 amide bonds. The van der Waals surface area contributed by atoms with Crippen LogP contribution in [0.2, 0.25) is 0 Å². The second kappa shape index (κ2) is 10.6. The minimum absolute atomic E-state index is 0.125. The van der Waals surface area contributed by atoms with Crippen LogP contribution < -0.4 is 0 Å². The Morgan fingerprint density at radius 2 is 1.25 bits per heavy atom. The standard InChI is InChI=1S/C6H6O.C2H6O2.H3O4P/c7-6-4-2-1-3-5-6;3-1-2-4;1-5(2,3)4/h1-5,7H;3-4H,1-2H2;(H3,1,2,3,4). The van der Waals surface area contributed by atoms with E-state index in [9.17, 15) is 0 Å². The number of aliphatic hydroxyl groups excluding tert-OH is 2. The fourth-order valence-electron chi connectivity index (χ4n) is 0.428. The minimum Gasteiger partial charge on any atom is -0.508 e. The van der Waals surface area contributed by atoms with E-state index in [2.05, 4.69) is 0 Å². The Bertz CT molecular complexity index is 273. The van der Waals surface area contributed by atoms with Crippen molar-refractivity contribution in [3.8, 4) is 5.75 Å². The second-order valence-corrected chi connectivity index (χ2v) is 3.32. The third kappa shape index (κ3) is 29.2. The maximum absolute atomic E-state index is 8.88. The minimum atomic E-state index is -4.64. The van der Waals surface area contributed by atoms with Crippen LogP contribution in [0.3, 0.4) is 0 Å². The molecule has 1 aromatic carbocycles. The van der Waals surface area contributed by atoms with Crippen LogP contribution >= 0.6 is 7.82 Å². The van der Waals surface area contributed by atoms with Gasteiger partial charge in [0.2, 0.25) is 0 Å². The smallest absolute Gasteiger partial charge is 0.466 e. The Labute approximate surface area is 92.5 Å². The predicted molar refractivity (Wildman–Crippen MR) is 56.5 cm³/mol. The third-order valence-electron chi connectivity index (χ3n) is 0.856. The number of phenolic OH excluding ortho intramolecular Hbond substituents is 1. The lowest BCUT2D eigenvalue weighted by atomic mass is 10.3. The summed E-state index contributed by atoms with van der Waals surface area (Å²) in [6, 6.07) is 8.71. The predicted octanol–water partition coefficient (Wildman–Crippen LogP) is -0.565. The fourth-order valence-corrected chi connectivity index (χ4v) is 0.428. The lowest BCUT2D eigenvalue weighted by molar-refractivity contribution is 0.186. The first-order chi connectivity index (χ1) is 7.31. The van der Waals surface area contributed by atoms with Crippen molar-refractivity contribution < 1.29 is 34.6 Å². The van der Waals surface area contributed by atoms with E-state index >= 15 is 0 Å². The van der Waals surface area contributed by atoms with Crippen LogP contribution in [-0.4, -0.2) is 43.2 Å². The normalized spacial score (nSPS) is 9.31. The van der Waals surface area contributed by atoms with Crippen molar-refractivity contribution in [2.24, 2.45) is 0 Å². The van der Waals surface area contributed by atoms with Gasteiger partial charge < -0.3 is 30.0 Å². The van der Waals surface area contributed by atoms with Gasteiger partial charge in [0.25, 0.3) is 0 Å². The van der Waals surface area contributed by atoms with Crippen molar-refractivity contribution in [1.82, 2.24) is 0 Å². The third-order valence-corrected chi connectivity index (χ3v) is 0.856. The van der Waals surface area contributed by atoms with Gasteiger partial charge in [0, 0.05) is 0 Å². The molecule has 0 spiro atoms. The molecule has 94 valence electrons. The van der Waals surface area contributed by atoms with E-state index in [1.54, 1.807) is 24.3 Å². The lowest BCUT2D eigenvalue weighted by Gasteiger charge is -1.82. The molecular formula is C8H15O7P. The highest BCUT2D eigenvalue weighted by molar-refractivity contribution is 7.45. The summed E-state index contributed by atoms with van der Waals surface area (Å²) in [5.74, 6) is 0.322. The number of rotatable bonds is 1. The molecule has 0 aliphatic heterocycles. The van der Waals surface area contributed by atoms with E-state index in [1.807, 2.05) is 6.07 Å². The maximum Gasteiger partial charge on any atom is 0.466 e. The molecule has 0 heterocycles. The zero-order chi connectivity index (χ0) is 13.0. The SMILES string of the molecule is O=P(O)(O)O.OCCO.Oc1ccccc1. The number of aliphatic hydroxyl groups is 2. The van der Waals surface area contributed by atoms with Crippen LogP contribution in [0.15, 0.2) is 30.3 Å². The summed E-state index contributed by atoms with van der Waals surface area (Å²) in [6.45, 7) is -0.250. The zero-order valence-electron chi connectivity index (χ0n) is 8.34. The van der Waals surface area contributed by atoms with Crippen molar-refractivity contribution in [2.75, 3.05) is 13.2 Å². The van der Waals surface area contributed by atoms with Gasteiger partial charge in [-0.15, -0.1) is 0 Å². The molecule has 0 atom stereocenters. The molecule has 0 bridgehead atoms. The zero-order valence-corrected chi connectivity index (χ0v) is 9.23. The number of aromatic hydroxyl groups is 1. The van der Waals surface area contributed by atoms with Gasteiger partial charge in [-0.3, -0.25) is 0 Å². The van der Waals surface area contributed by atoms with Crippen LogP contribution in [0.5, 0.6) is 5.75 Å². The van der Waals surface area contributed by atoms with E-state index in [0.717, 1.165) is 0 Å². The molecule has 0 aromatic heterocycles. The molecular weight excluding hydrogens is 239 g/mol. The molecule has 0 aliphatic rings. The van der Waals surface area contributed by atoms with Crippen LogP contribution in [-0.2, 0) is 4.57 Å². The molecule has 0 unspecified atom stereocenters. The first-order valence-electron chi connectivity index (χ1n) is 4.05. The van der Waals surface area contributed by atoms with Crippen LogP contribution in [0.4, 0.5) is 0 Å². The highest BCUT2D eigenvalue weighted by Gasteiger charge is 2.00. The summed E-state index contributed by atoms with van der Waals surface area (Å²) in [5, 5.41) is 23.9. The van der Waals surface area contributed by atoms with E-state index in [4.69, 9.17) is 34.6 Å². The summed E-state index contributed by atoms with van der Waals surface area (Å²) >= 11 is 0. The Morgan fingerprint density at radius 3 is 1.38 bits per heavy atom. The molecule has 7 nitrogen and oxygen atoms in total. The summed E-state index contributed by atoms with van der Waals surface area (Å²) in [7, 11) is -4.64. The quantitative estimate of drug-likeness (QED) is 0.369. The van der Waals surface area contributed by atoms with Gasteiger partial charge in [-0.05, 0) is 12.1 Å². The number of hydrogen-bond acceptors (Lipinski definition) is 4. The van der Waals surface area contributed by atoms with Gasteiger partial charge >= 0.3 is 7.82 Å². The fraction of sp³-hybridized carbons (Fsp3) is 0.250. The van der Waals surface area contributed by atoms with Crippen LogP contribution in [0.25, 0.3) is 0 Å². The van der Waals surface area contributed by atoms with Gasteiger partial charge in [0.05, 0.1) is 13.2 Å². The van der Waals surface area contributed by atoms with Crippen LogP contribution in [0, 0.1) is 0 Å². The van der Waals surface area contributed by atoms with Crippen LogP contribution in [0.1, 0.15) is 0 Å². The Hall–Kier alpha value is -0.950. The number of phosphoric acid groups is 1. The monoisotopic (exact) mass is 254 g/mol. The molecule has 0 radical (unpaired) electrons. The first kappa shape index (κ1) is 17.4. The molecule has 0 aliphatic carbocycles. The second-order valence-electron chi connectivity index (χ2n) is 2.30. The highest BCUT2D eigenvalue weighted by Crippen LogP contribution is 2.25. The molecule has 1 aromatic rings. The van der Waals surface area contributed by atoms with Gasteiger partial charge in [0.15, 0.2) is 0 Å². The molecule has 0 saturated heterocycles. The van der Waals surface area contributed by atoms with Gasteiger partial charge in [-0.25, -0.2) is 4.57 Å². The molecule has 0 saturated carbocycles. The summed E-state index contributed by atoms with van der Waals surface area (Å²) < 4.78 is 8.88. The molecule has 6 N–H and O–H groups in total. The van der Waals surface area contributed by atoms with Crippen molar-refractivity contribution in [3.05, 3.63) is 30.3 Å². The Morgan fingerprint density at radius 1 is 0.938 bits per heavy atom. The Kier molecular flexibility index (Phi) is 11.5. The van der Waals surface area contributed by atoms with E-state index in [1.165, 1.54) is 0 Å².